The number of ether oxygens (including phenoxy) is 1. The van der Waals surface area contributed by atoms with E-state index in [0.29, 0.717) is 25.2 Å². The summed E-state index contributed by atoms with van der Waals surface area (Å²) in [7, 11) is 1.80. The molecule has 1 aliphatic heterocycles. The average molecular weight is 405 g/mol. The lowest BCUT2D eigenvalue weighted by Crippen LogP contribution is -2.68. The quantitative estimate of drug-likeness (QED) is 0.523. The number of hydrogen-bond acceptors (Lipinski definition) is 3. The summed E-state index contributed by atoms with van der Waals surface area (Å²) >= 11 is 0. The molecule has 3 unspecified atom stereocenters. The Morgan fingerprint density at radius 2 is 2.07 bits per heavy atom. The van der Waals surface area contributed by atoms with Crippen LogP contribution in [0.15, 0.2) is 4.99 Å². The number of halogens is 3. The van der Waals surface area contributed by atoms with E-state index in [4.69, 9.17) is 4.74 Å². The van der Waals surface area contributed by atoms with E-state index in [1.807, 2.05) is 0 Å². The van der Waals surface area contributed by atoms with Gasteiger partial charge >= 0.3 is 6.18 Å². The molecule has 3 atom stereocenters. The van der Waals surface area contributed by atoms with Crippen LogP contribution in [0.1, 0.15) is 46.0 Å². The van der Waals surface area contributed by atoms with Gasteiger partial charge in [0.2, 0.25) is 0 Å². The molecular weight excluding hydrogens is 369 g/mol. The second-order valence-electron chi connectivity index (χ2n) is 8.55. The predicted octanol–water partition coefficient (Wildman–Crippen LogP) is 3.12. The van der Waals surface area contributed by atoms with Crippen molar-refractivity contribution in [2.24, 2.45) is 16.3 Å². The van der Waals surface area contributed by atoms with Gasteiger partial charge in [0, 0.05) is 44.7 Å². The van der Waals surface area contributed by atoms with E-state index in [2.05, 4.69) is 22.1 Å². The Labute approximate surface area is 166 Å². The lowest BCUT2D eigenvalue weighted by molar-refractivity contribution is -0.168. The van der Waals surface area contributed by atoms with Gasteiger partial charge in [-0.3, -0.25) is 9.89 Å². The number of nitrogens with zero attached hydrogens (tertiary/aromatic N) is 3. The molecule has 0 aromatic carbocycles. The largest absolute Gasteiger partial charge is 0.401 e. The van der Waals surface area contributed by atoms with Crippen LogP contribution < -0.4 is 5.32 Å². The van der Waals surface area contributed by atoms with Gasteiger partial charge in [-0.1, -0.05) is 13.3 Å². The Morgan fingerprint density at radius 3 is 2.61 bits per heavy atom. The number of hydrogen-bond donors (Lipinski definition) is 1. The molecular formula is C20H35F3N4O. The minimum atomic E-state index is -4.13. The van der Waals surface area contributed by atoms with Crippen molar-refractivity contribution in [2.75, 3.05) is 46.4 Å². The Kier molecular flexibility index (Phi) is 6.80. The SMILES string of the molecule is CCOC1CC(NC(=NC)N2CCC(CN(CC)CC(F)(F)F)C2)C12CCC2. The molecule has 2 aliphatic carbocycles. The van der Waals surface area contributed by atoms with Crippen LogP contribution in [-0.4, -0.2) is 80.5 Å². The molecule has 1 heterocycles. The third kappa shape index (κ3) is 4.58. The Hall–Kier alpha value is -1.02. The van der Waals surface area contributed by atoms with Crippen LogP contribution in [0.25, 0.3) is 0 Å². The number of aliphatic imine (C=N–C) groups is 1. The monoisotopic (exact) mass is 404 g/mol. The molecule has 0 bridgehead atoms. The minimum Gasteiger partial charge on any atom is -0.378 e. The summed E-state index contributed by atoms with van der Waals surface area (Å²) in [6.45, 7) is 6.31. The highest BCUT2D eigenvalue weighted by atomic mass is 19.4. The van der Waals surface area contributed by atoms with Crippen molar-refractivity contribution in [2.45, 2.75) is 64.3 Å². The van der Waals surface area contributed by atoms with Crippen molar-refractivity contribution < 1.29 is 17.9 Å². The maximum atomic E-state index is 12.7. The summed E-state index contributed by atoms with van der Waals surface area (Å²) in [6, 6.07) is 0.396. The van der Waals surface area contributed by atoms with Gasteiger partial charge in [0.15, 0.2) is 5.96 Å². The van der Waals surface area contributed by atoms with Gasteiger partial charge in [-0.15, -0.1) is 0 Å². The third-order valence-electron chi connectivity index (χ3n) is 6.90. The molecule has 28 heavy (non-hydrogen) atoms. The fourth-order valence-corrected chi connectivity index (χ4v) is 5.19. The van der Waals surface area contributed by atoms with Crippen LogP contribution in [0.4, 0.5) is 13.2 Å². The van der Waals surface area contributed by atoms with E-state index in [1.165, 1.54) is 24.2 Å². The normalized spacial score (nSPS) is 29.9. The first-order chi connectivity index (χ1) is 13.3. The lowest BCUT2D eigenvalue weighted by atomic mass is 9.51. The molecule has 8 heteroatoms. The summed E-state index contributed by atoms with van der Waals surface area (Å²) in [4.78, 5) is 8.20. The minimum absolute atomic E-state index is 0.246. The van der Waals surface area contributed by atoms with E-state index in [0.717, 1.165) is 38.5 Å². The van der Waals surface area contributed by atoms with E-state index in [1.54, 1.807) is 14.0 Å². The molecule has 3 aliphatic rings. The highest BCUT2D eigenvalue weighted by molar-refractivity contribution is 5.80. The second-order valence-corrected chi connectivity index (χ2v) is 8.55. The summed E-state index contributed by atoms with van der Waals surface area (Å²) in [5.74, 6) is 1.14. The predicted molar refractivity (Wildman–Crippen MR) is 104 cm³/mol. The maximum absolute atomic E-state index is 12.7. The van der Waals surface area contributed by atoms with Crippen LogP contribution in [0, 0.1) is 11.3 Å². The van der Waals surface area contributed by atoms with Gasteiger partial charge in [0.25, 0.3) is 0 Å². The molecule has 162 valence electrons. The molecule has 0 aromatic heterocycles. The topological polar surface area (TPSA) is 40.1 Å². The number of nitrogens with one attached hydrogen (secondary N) is 1. The number of guanidine groups is 1. The van der Waals surface area contributed by atoms with Crippen molar-refractivity contribution in [3.05, 3.63) is 0 Å². The van der Waals surface area contributed by atoms with Gasteiger partial charge in [-0.2, -0.15) is 13.2 Å². The Morgan fingerprint density at radius 1 is 1.32 bits per heavy atom. The molecule has 2 saturated carbocycles. The van der Waals surface area contributed by atoms with Crippen molar-refractivity contribution in [1.29, 1.82) is 0 Å². The Bertz CT molecular complexity index is 550. The average Bonchev–Trinajstić information content (AvgIpc) is 3.02. The molecule has 5 nitrogen and oxygen atoms in total. The van der Waals surface area contributed by atoms with E-state index in [9.17, 15) is 13.2 Å². The molecule has 3 rings (SSSR count). The summed E-state index contributed by atoms with van der Waals surface area (Å²) in [6.07, 6.45) is 1.82. The highest BCUT2D eigenvalue weighted by Crippen LogP contribution is 2.57. The number of alkyl halides is 3. The third-order valence-corrected chi connectivity index (χ3v) is 6.90. The van der Waals surface area contributed by atoms with Crippen molar-refractivity contribution in [1.82, 2.24) is 15.1 Å². The first-order valence-corrected chi connectivity index (χ1v) is 10.7. The summed E-state index contributed by atoms with van der Waals surface area (Å²) < 4.78 is 44.1. The maximum Gasteiger partial charge on any atom is 0.401 e. The number of rotatable bonds is 7. The van der Waals surface area contributed by atoms with Gasteiger partial charge in [-0.05, 0) is 45.1 Å². The van der Waals surface area contributed by atoms with Gasteiger partial charge in [-0.25, -0.2) is 0 Å². The first-order valence-electron chi connectivity index (χ1n) is 10.7. The second kappa shape index (κ2) is 8.78. The molecule has 1 saturated heterocycles. The summed E-state index contributed by atoms with van der Waals surface area (Å²) in [5, 5.41) is 3.65. The molecule has 0 radical (unpaired) electrons. The van der Waals surface area contributed by atoms with E-state index >= 15 is 0 Å². The van der Waals surface area contributed by atoms with Crippen molar-refractivity contribution >= 4 is 5.96 Å². The molecule has 0 amide bonds. The zero-order valence-electron chi connectivity index (χ0n) is 17.4. The molecule has 3 fully saturated rings. The molecule has 0 aromatic rings. The van der Waals surface area contributed by atoms with Crippen LogP contribution in [0.3, 0.4) is 0 Å². The Balaban J connectivity index is 1.51. The fraction of sp³-hybridized carbons (Fsp3) is 0.950. The zero-order chi connectivity index (χ0) is 20.4. The number of likely N-dealkylation sites (tertiary alicyclic amines) is 1. The van der Waals surface area contributed by atoms with Crippen LogP contribution in [-0.2, 0) is 4.74 Å². The van der Waals surface area contributed by atoms with Gasteiger partial charge in [0.1, 0.15) is 0 Å². The van der Waals surface area contributed by atoms with Crippen LogP contribution in [0.2, 0.25) is 0 Å². The van der Waals surface area contributed by atoms with E-state index < -0.39 is 12.7 Å². The zero-order valence-corrected chi connectivity index (χ0v) is 17.4. The molecule has 1 spiro atoms. The smallest absolute Gasteiger partial charge is 0.378 e. The van der Waals surface area contributed by atoms with Crippen LogP contribution in [0.5, 0.6) is 0 Å². The van der Waals surface area contributed by atoms with E-state index in [-0.39, 0.29) is 11.3 Å². The first kappa shape index (κ1) is 21.7. The van der Waals surface area contributed by atoms with Gasteiger partial charge < -0.3 is 15.0 Å². The molecule has 1 N–H and O–H groups in total. The highest BCUT2D eigenvalue weighted by Gasteiger charge is 2.59. The lowest BCUT2D eigenvalue weighted by Gasteiger charge is -2.61. The van der Waals surface area contributed by atoms with Gasteiger partial charge in [0.05, 0.1) is 12.6 Å². The summed E-state index contributed by atoms with van der Waals surface area (Å²) in [5.41, 5.74) is 0.261. The fourth-order valence-electron chi connectivity index (χ4n) is 5.19. The van der Waals surface area contributed by atoms with Crippen molar-refractivity contribution in [3.8, 4) is 0 Å². The van der Waals surface area contributed by atoms with Crippen LogP contribution >= 0.6 is 0 Å². The standard InChI is InChI=1S/C20H35F3N4O/c1-4-26(14-20(21,22)23)12-15-7-10-27(13-15)18(24-3)25-16-11-17(28-5-2)19(16)8-6-9-19/h15-17H,4-14H2,1-3H3,(H,24,25). The van der Waals surface area contributed by atoms with Crippen molar-refractivity contribution in [3.63, 3.8) is 0 Å².